The van der Waals surface area contributed by atoms with E-state index in [0.29, 0.717) is 17.3 Å². The zero-order valence-electron chi connectivity index (χ0n) is 7.97. The molecular formula is C9H8Cl3N3. The summed E-state index contributed by atoms with van der Waals surface area (Å²) in [7, 11) is 0. The lowest BCUT2D eigenvalue weighted by atomic mass is 9.87. The van der Waals surface area contributed by atoms with Crippen LogP contribution in [-0.2, 0) is 5.41 Å². The average Bonchev–Trinajstić information content (AvgIpc) is 2.28. The second-order valence-corrected chi connectivity index (χ2v) is 4.27. The lowest BCUT2D eigenvalue weighted by molar-refractivity contribution is 0.599. The number of hydrogen-bond donors (Lipinski definition) is 0. The third-order valence-electron chi connectivity index (χ3n) is 2.10. The maximum atomic E-state index is 8.70. The van der Waals surface area contributed by atoms with Crippen LogP contribution in [0, 0.1) is 11.3 Å². The van der Waals surface area contributed by atoms with Crippen LogP contribution in [0.2, 0.25) is 5.15 Å². The number of nitrogens with zero attached hydrogens (tertiary/aromatic N) is 3. The van der Waals surface area contributed by atoms with Crippen molar-refractivity contribution in [3.63, 3.8) is 0 Å². The largest absolute Gasteiger partial charge is 0.191 e. The quantitative estimate of drug-likeness (QED) is 0.789. The molecule has 80 valence electrons. The normalized spacial score (nSPS) is 11.1. The van der Waals surface area contributed by atoms with Gasteiger partial charge in [0.15, 0.2) is 10.8 Å². The van der Waals surface area contributed by atoms with E-state index in [9.17, 15) is 0 Å². The van der Waals surface area contributed by atoms with E-state index in [1.165, 1.54) is 0 Å². The second-order valence-electron chi connectivity index (χ2n) is 3.37. The fraction of sp³-hybridized carbons (Fsp3) is 0.444. The number of aromatic nitrogens is 2. The van der Waals surface area contributed by atoms with Crippen molar-refractivity contribution >= 4 is 34.8 Å². The maximum absolute atomic E-state index is 8.70. The fourth-order valence-electron chi connectivity index (χ4n) is 1.03. The van der Waals surface area contributed by atoms with Gasteiger partial charge in [-0.2, -0.15) is 5.26 Å². The first-order valence-electron chi connectivity index (χ1n) is 4.13. The van der Waals surface area contributed by atoms with Crippen LogP contribution in [0.3, 0.4) is 0 Å². The molecule has 0 fully saturated rings. The first kappa shape index (κ1) is 12.5. The van der Waals surface area contributed by atoms with E-state index in [-0.39, 0.29) is 10.8 Å². The van der Waals surface area contributed by atoms with E-state index in [4.69, 9.17) is 40.1 Å². The fourth-order valence-corrected chi connectivity index (χ4v) is 1.93. The topological polar surface area (TPSA) is 49.6 Å². The Balaban J connectivity index is 3.29. The van der Waals surface area contributed by atoms with Crippen molar-refractivity contribution in [2.24, 2.45) is 0 Å². The molecular weight excluding hydrogens is 256 g/mol. The lowest BCUT2D eigenvalue weighted by Gasteiger charge is -2.24. The van der Waals surface area contributed by atoms with Gasteiger partial charge < -0.3 is 0 Å². The maximum Gasteiger partial charge on any atom is 0.163 e. The van der Waals surface area contributed by atoms with E-state index in [1.54, 1.807) is 6.07 Å². The van der Waals surface area contributed by atoms with Crippen molar-refractivity contribution in [1.82, 2.24) is 10.2 Å². The van der Waals surface area contributed by atoms with E-state index in [0.717, 1.165) is 0 Å². The molecule has 0 amide bonds. The Morgan fingerprint density at radius 3 is 2.47 bits per heavy atom. The molecule has 0 atom stereocenters. The molecule has 0 unspecified atom stereocenters. The molecule has 0 aromatic carbocycles. The van der Waals surface area contributed by atoms with Crippen LogP contribution in [0.15, 0.2) is 6.07 Å². The zero-order chi connectivity index (χ0) is 11.5. The summed E-state index contributed by atoms with van der Waals surface area (Å²) in [6, 6.07) is 3.47. The summed E-state index contributed by atoms with van der Waals surface area (Å²) >= 11 is 17.6. The van der Waals surface area contributed by atoms with E-state index in [2.05, 4.69) is 10.2 Å². The lowest BCUT2D eigenvalue weighted by Crippen LogP contribution is -2.27. The van der Waals surface area contributed by atoms with E-state index in [1.807, 2.05) is 13.0 Å². The van der Waals surface area contributed by atoms with Crippen molar-refractivity contribution in [3.05, 3.63) is 22.5 Å². The highest BCUT2D eigenvalue weighted by atomic mass is 35.5. The average molecular weight is 265 g/mol. The van der Waals surface area contributed by atoms with Crippen LogP contribution < -0.4 is 0 Å². The number of hydrogen-bond acceptors (Lipinski definition) is 3. The minimum atomic E-state index is -0.498. The molecule has 6 heteroatoms. The summed E-state index contributed by atoms with van der Waals surface area (Å²) in [5, 5.41) is 16.2. The molecule has 0 N–H and O–H groups in total. The van der Waals surface area contributed by atoms with Gasteiger partial charge >= 0.3 is 0 Å². The first-order valence-corrected chi connectivity index (χ1v) is 5.58. The monoisotopic (exact) mass is 263 g/mol. The van der Waals surface area contributed by atoms with Crippen molar-refractivity contribution in [2.75, 3.05) is 11.8 Å². The zero-order valence-corrected chi connectivity index (χ0v) is 10.2. The highest BCUT2D eigenvalue weighted by Gasteiger charge is 2.28. The van der Waals surface area contributed by atoms with Crippen LogP contribution in [0.4, 0.5) is 0 Å². The molecule has 0 radical (unpaired) electrons. The van der Waals surface area contributed by atoms with Crippen molar-refractivity contribution in [1.29, 1.82) is 5.26 Å². The molecule has 1 aromatic heterocycles. The van der Waals surface area contributed by atoms with Gasteiger partial charge in [-0.15, -0.1) is 33.4 Å². The van der Waals surface area contributed by atoms with Gasteiger partial charge in [-0.25, -0.2) is 0 Å². The predicted molar refractivity (Wildman–Crippen MR) is 60.5 cm³/mol. The van der Waals surface area contributed by atoms with Crippen LogP contribution >= 0.6 is 34.8 Å². The minimum absolute atomic E-state index is 0.204. The Hall–Kier alpha value is -0.560. The van der Waals surface area contributed by atoms with E-state index >= 15 is 0 Å². The summed E-state index contributed by atoms with van der Waals surface area (Å²) in [4.78, 5) is 0. The number of rotatable bonds is 3. The van der Waals surface area contributed by atoms with Gasteiger partial charge in [0.2, 0.25) is 0 Å². The second kappa shape index (κ2) is 4.98. The first-order chi connectivity index (χ1) is 7.07. The summed E-state index contributed by atoms with van der Waals surface area (Å²) in [6.45, 7) is 1.86. The van der Waals surface area contributed by atoms with Crippen molar-refractivity contribution < 1.29 is 0 Å². The van der Waals surface area contributed by atoms with Crippen molar-refractivity contribution in [3.8, 4) is 6.07 Å². The highest BCUT2D eigenvalue weighted by molar-refractivity contribution is 6.30. The molecule has 0 bridgehead atoms. The standard InChI is InChI=1S/C9H8Cl3N3/c1-9(4-10,5-11)7-2-6(3-13)14-15-8(7)12/h2H,4-5H2,1H3. The Morgan fingerprint density at radius 1 is 1.40 bits per heavy atom. The van der Waals surface area contributed by atoms with Gasteiger partial charge in [0.05, 0.1) is 0 Å². The third-order valence-corrected chi connectivity index (χ3v) is 3.56. The number of alkyl halides is 2. The van der Waals surface area contributed by atoms with Gasteiger partial charge in [0.25, 0.3) is 0 Å². The summed E-state index contributed by atoms with van der Waals surface area (Å²) in [5.74, 6) is 0.597. The Kier molecular flexibility index (Phi) is 4.15. The van der Waals surface area contributed by atoms with Crippen LogP contribution in [0.5, 0.6) is 0 Å². The molecule has 1 rings (SSSR count). The molecule has 0 aliphatic heterocycles. The van der Waals surface area contributed by atoms with Crippen LogP contribution in [0.25, 0.3) is 0 Å². The third kappa shape index (κ3) is 2.52. The molecule has 1 heterocycles. The molecule has 0 aliphatic carbocycles. The summed E-state index contributed by atoms with van der Waals surface area (Å²) in [6.07, 6.45) is 0. The Labute approximate surface area is 103 Å². The van der Waals surface area contributed by atoms with Crippen molar-refractivity contribution in [2.45, 2.75) is 12.3 Å². The molecule has 3 nitrogen and oxygen atoms in total. The van der Waals surface area contributed by atoms with Crippen LogP contribution in [-0.4, -0.2) is 22.0 Å². The van der Waals surface area contributed by atoms with Gasteiger partial charge in [0, 0.05) is 22.7 Å². The van der Waals surface area contributed by atoms with Gasteiger partial charge in [0.1, 0.15) is 6.07 Å². The molecule has 0 spiro atoms. The molecule has 15 heavy (non-hydrogen) atoms. The molecule has 1 aromatic rings. The Morgan fingerprint density at radius 2 is 2.00 bits per heavy atom. The Bertz CT molecular complexity index is 396. The number of halogens is 3. The minimum Gasteiger partial charge on any atom is -0.191 e. The van der Waals surface area contributed by atoms with Gasteiger partial charge in [-0.05, 0) is 6.07 Å². The van der Waals surface area contributed by atoms with Crippen LogP contribution in [0.1, 0.15) is 18.2 Å². The predicted octanol–water partition coefficient (Wildman–Crippen LogP) is 2.74. The highest BCUT2D eigenvalue weighted by Crippen LogP contribution is 2.31. The molecule has 0 saturated heterocycles. The van der Waals surface area contributed by atoms with Gasteiger partial charge in [-0.1, -0.05) is 18.5 Å². The molecule has 0 aliphatic rings. The smallest absolute Gasteiger partial charge is 0.163 e. The summed E-state index contributed by atoms with van der Waals surface area (Å²) < 4.78 is 0. The van der Waals surface area contributed by atoms with Gasteiger partial charge in [-0.3, -0.25) is 0 Å². The van der Waals surface area contributed by atoms with E-state index < -0.39 is 5.41 Å². The summed E-state index contributed by atoms with van der Waals surface area (Å²) in [5.41, 5.74) is 0.360. The number of nitriles is 1. The molecule has 0 saturated carbocycles. The SMILES string of the molecule is CC(CCl)(CCl)c1cc(C#N)nnc1Cl.